The molecular formula is C16H14FN3O4S. The van der Waals surface area contributed by atoms with Gasteiger partial charge in [-0.3, -0.25) is 19.0 Å². The average Bonchev–Trinajstić information content (AvgIpc) is 2.91. The van der Waals surface area contributed by atoms with E-state index in [0.29, 0.717) is 5.69 Å². The summed E-state index contributed by atoms with van der Waals surface area (Å²) < 4.78 is 35.2. The van der Waals surface area contributed by atoms with E-state index in [1.54, 1.807) is 36.4 Å². The molecule has 0 radical (unpaired) electrons. The topological polar surface area (TPSA) is 98.7 Å². The van der Waals surface area contributed by atoms with Crippen molar-refractivity contribution in [1.29, 1.82) is 0 Å². The molecule has 3 N–H and O–H groups in total. The highest BCUT2D eigenvalue weighted by Crippen LogP contribution is 2.24. The molecule has 9 heteroatoms. The molecule has 0 aromatic heterocycles. The van der Waals surface area contributed by atoms with E-state index in [1.165, 1.54) is 12.1 Å². The standard InChI is InChI=1S/C16H14FN3O4S/c17-12-5-1-10(2-6-12)11-3-7-13(8-4-11)20(25(23)24)9-14-15(21)19-16(22)18-14/h1-8,14H,9H2,(H,23,24)(H2,18,19,21,22)/t14-/m0/s1. The van der Waals surface area contributed by atoms with Gasteiger partial charge in [0.25, 0.3) is 17.2 Å². The highest BCUT2D eigenvalue weighted by molar-refractivity contribution is 7.80. The molecule has 0 spiro atoms. The first-order valence-corrected chi connectivity index (χ1v) is 8.36. The van der Waals surface area contributed by atoms with Gasteiger partial charge < -0.3 is 5.32 Å². The third-order valence-electron chi connectivity index (χ3n) is 3.73. The Morgan fingerprint density at radius 2 is 1.60 bits per heavy atom. The molecule has 7 nitrogen and oxygen atoms in total. The van der Waals surface area contributed by atoms with E-state index in [1.807, 2.05) is 0 Å². The monoisotopic (exact) mass is 363 g/mol. The summed E-state index contributed by atoms with van der Waals surface area (Å²) in [5.74, 6) is -0.887. The van der Waals surface area contributed by atoms with E-state index >= 15 is 0 Å². The zero-order valence-electron chi connectivity index (χ0n) is 12.8. The minimum Gasteiger partial charge on any atom is -0.324 e. The molecule has 0 bridgehead atoms. The van der Waals surface area contributed by atoms with Crippen molar-refractivity contribution in [2.24, 2.45) is 0 Å². The molecule has 3 rings (SSSR count). The third kappa shape index (κ3) is 3.83. The van der Waals surface area contributed by atoms with Gasteiger partial charge in [-0.05, 0) is 35.4 Å². The Bertz CT molecular complexity index is 826. The fourth-order valence-electron chi connectivity index (χ4n) is 2.48. The molecule has 1 saturated heterocycles. The van der Waals surface area contributed by atoms with Crippen LogP contribution in [0.2, 0.25) is 0 Å². The molecule has 1 heterocycles. The molecule has 3 amide bonds. The van der Waals surface area contributed by atoms with Gasteiger partial charge >= 0.3 is 6.03 Å². The number of carbonyl (C=O) groups is 2. The number of nitrogens with zero attached hydrogens (tertiary/aromatic N) is 1. The highest BCUT2D eigenvalue weighted by atomic mass is 32.2. The van der Waals surface area contributed by atoms with Crippen LogP contribution in [-0.4, -0.2) is 33.3 Å². The van der Waals surface area contributed by atoms with Crippen molar-refractivity contribution in [1.82, 2.24) is 10.6 Å². The van der Waals surface area contributed by atoms with Crippen molar-refractivity contribution in [3.8, 4) is 11.1 Å². The summed E-state index contributed by atoms with van der Waals surface area (Å²) in [7, 11) is 0. The first kappa shape index (κ1) is 17.1. The van der Waals surface area contributed by atoms with Crippen LogP contribution in [0.25, 0.3) is 11.1 Å². The number of imide groups is 1. The van der Waals surface area contributed by atoms with Gasteiger partial charge in [0.1, 0.15) is 11.9 Å². The van der Waals surface area contributed by atoms with Gasteiger partial charge in [0.2, 0.25) is 0 Å². The number of benzene rings is 2. The second-order valence-corrected chi connectivity index (χ2v) is 6.26. The molecule has 2 aromatic carbocycles. The molecule has 1 fully saturated rings. The predicted molar refractivity (Wildman–Crippen MR) is 90.4 cm³/mol. The number of carbonyl (C=O) groups excluding carboxylic acids is 2. The first-order chi connectivity index (χ1) is 11.9. The minimum atomic E-state index is -2.38. The summed E-state index contributed by atoms with van der Waals surface area (Å²) in [6, 6.07) is 11.1. The zero-order chi connectivity index (χ0) is 18.0. The van der Waals surface area contributed by atoms with Gasteiger partial charge in [0, 0.05) is 0 Å². The average molecular weight is 363 g/mol. The van der Waals surface area contributed by atoms with Crippen LogP contribution in [0.15, 0.2) is 48.5 Å². The van der Waals surface area contributed by atoms with Gasteiger partial charge in [0.15, 0.2) is 0 Å². The second kappa shape index (κ2) is 6.99. The van der Waals surface area contributed by atoms with E-state index in [9.17, 15) is 22.7 Å². The Morgan fingerprint density at radius 1 is 1.04 bits per heavy atom. The number of hydrogen-bond donors (Lipinski definition) is 3. The highest BCUT2D eigenvalue weighted by Gasteiger charge is 2.32. The molecule has 0 aliphatic carbocycles. The maximum atomic E-state index is 13.0. The Morgan fingerprint density at radius 3 is 2.08 bits per heavy atom. The summed E-state index contributed by atoms with van der Waals surface area (Å²) in [6.07, 6.45) is 0. The lowest BCUT2D eigenvalue weighted by Crippen LogP contribution is -2.42. The summed E-state index contributed by atoms with van der Waals surface area (Å²) in [5.41, 5.74) is 2.01. The Hall–Kier alpha value is -2.78. The van der Waals surface area contributed by atoms with Crippen LogP contribution in [0.4, 0.5) is 14.9 Å². The Kier molecular flexibility index (Phi) is 4.77. The van der Waals surface area contributed by atoms with Crippen molar-refractivity contribution >= 4 is 28.9 Å². The number of halogens is 1. The Labute approximate surface area is 145 Å². The van der Waals surface area contributed by atoms with Crippen molar-refractivity contribution in [2.45, 2.75) is 6.04 Å². The second-order valence-electron chi connectivity index (χ2n) is 5.36. The molecule has 2 atom stereocenters. The van der Waals surface area contributed by atoms with E-state index in [-0.39, 0.29) is 12.4 Å². The lowest BCUT2D eigenvalue weighted by atomic mass is 10.1. The molecular weight excluding hydrogens is 349 g/mol. The summed E-state index contributed by atoms with van der Waals surface area (Å²) in [4.78, 5) is 22.8. The number of hydrogen-bond acceptors (Lipinski definition) is 3. The zero-order valence-corrected chi connectivity index (χ0v) is 13.6. The van der Waals surface area contributed by atoms with Gasteiger partial charge in [-0.25, -0.2) is 13.4 Å². The first-order valence-electron chi connectivity index (χ1n) is 7.30. The van der Waals surface area contributed by atoms with Crippen LogP contribution in [0, 0.1) is 5.82 Å². The number of anilines is 1. The fourth-order valence-corrected chi connectivity index (χ4v) is 3.05. The molecule has 130 valence electrons. The maximum Gasteiger partial charge on any atom is 0.322 e. The predicted octanol–water partition coefficient (Wildman–Crippen LogP) is 1.64. The quantitative estimate of drug-likeness (QED) is 0.556. The van der Waals surface area contributed by atoms with Crippen LogP contribution >= 0.6 is 0 Å². The number of amides is 3. The lowest BCUT2D eigenvalue weighted by molar-refractivity contribution is -0.119. The summed E-state index contributed by atoms with van der Waals surface area (Å²) in [6.45, 7) is -0.156. The number of nitrogens with one attached hydrogen (secondary N) is 2. The molecule has 1 aliphatic heterocycles. The molecule has 1 aliphatic rings. The third-order valence-corrected chi connectivity index (χ3v) is 4.47. The van der Waals surface area contributed by atoms with Gasteiger partial charge in [0.05, 0.1) is 12.2 Å². The fraction of sp³-hybridized carbons (Fsp3) is 0.125. The van der Waals surface area contributed by atoms with Gasteiger partial charge in [-0.15, -0.1) is 0 Å². The summed E-state index contributed by atoms with van der Waals surface area (Å²) >= 11 is -2.38. The maximum absolute atomic E-state index is 13.0. The van der Waals surface area contributed by atoms with Crippen molar-refractivity contribution in [3.63, 3.8) is 0 Å². The summed E-state index contributed by atoms with van der Waals surface area (Å²) in [5, 5.41) is 4.45. The van der Waals surface area contributed by atoms with Crippen molar-refractivity contribution in [2.75, 3.05) is 10.8 Å². The van der Waals surface area contributed by atoms with Crippen LogP contribution < -0.4 is 14.9 Å². The van der Waals surface area contributed by atoms with Crippen molar-refractivity contribution in [3.05, 3.63) is 54.3 Å². The van der Waals surface area contributed by atoms with Crippen molar-refractivity contribution < 1.29 is 22.7 Å². The minimum absolute atomic E-state index is 0.156. The van der Waals surface area contributed by atoms with Crippen LogP contribution in [0.3, 0.4) is 0 Å². The molecule has 1 unspecified atom stereocenters. The van der Waals surface area contributed by atoms with Crippen LogP contribution in [0.5, 0.6) is 0 Å². The van der Waals surface area contributed by atoms with Gasteiger partial charge in [-0.2, -0.15) is 0 Å². The van der Waals surface area contributed by atoms with Crippen LogP contribution in [0.1, 0.15) is 0 Å². The Balaban J connectivity index is 1.80. The molecule has 0 saturated carbocycles. The van der Waals surface area contributed by atoms with E-state index < -0.39 is 29.2 Å². The molecule has 25 heavy (non-hydrogen) atoms. The van der Waals surface area contributed by atoms with Crippen LogP contribution in [-0.2, 0) is 16.1 Å². The smallest absolute Gasteiger partial charge is 0.322 e. The van der Waals surface area contributed by atoms with E-state index in [2.05, 4.69) is 10.6 Å². The SMILES string of the molecule is O=C1NC(=O)[C@H](CN(c2ccc(-c3ccc(F)cc3)cc2)S(=O)O)N1. The van der Waals surface area contributed by atoms with E-state index in [4.69, 9.17) is 0 Å². The van der Waals surface area contributed by atoms with Gasteiger partial charge in [-0.1, -0.05) is 24.3 Å². The molecule has 2 aromatic rings. The lowest BCUT2D eigenvalue weighted by Gasteiger charge is -2.22. The normalized spacial score (nSPS) is 17.8. The number of urea groups is 1. The van der Waals surface area contributed by atoms with E-state index in [0.717, 1.165) is 15.4 Å². The number of rotatable bonds is 5. The largest absolute Gasteiger partial charge is 0.324 e.